The first-order valence-corrected chi connectivity index (χ1v) is 10.6. The standard InChI is InChI=1S/C10H14O.C8H11.C3H6.2ClH.Ti/c1-10(2,3)8-5-4-6-9(11)7-8;1-6-4-5-7(2)8(6)3;1-3-2;;;/h4-7,11H,1-3H3;4H2,1-3H3;1-2H3;2*1H;/q;;;;;+1/p-1. The fourth-order valence-corrected chi connectivity index (χ4v) is 6.45. The molecule has 0 radical (unpaired) electrons. The fourth-order valence-electron chi connectivity index (χ4n) is 2.94. The van der Waals surface area contributed by atoms with E-state index in [0.29, 0.717) is 0 Å². The number of hydrogen-bond donors (Lipinski definition) is 0. The summed E-state index contributed by atoms with van der Waals surface area (Å²) in [6, 6.07) is 8.67. The van der Waals surface area contributed by atoms with Crippen LogP contribution >= 0.6 is 24.8 Å². The van der Waals surface area contributed by atoms with Crippen LogP contribution in [0, 0.1) is 0 Å². The summed E-state index contributed by atoms with van der Waals surface area (Å²) in [7, 11) is 0. The van der Waals surface area contributed by atoms with Crippen LogP contribution in [0.15, 0.2) is 44.9 Å². The van der Waals surface area contributed by atoms with Gasteiger partial charge in [-0.15, -0.1) is 24.8 Å². The maximum Gasteiger partial charge on any atom is -0.147 e. The van der Waals surface area contributed by atoms with Gasteiger partial charge in [-0.2, -0.15) is 0 Å². The van der Waals surface area contributed by atoms with Gasteiger partial charge in [0, 0.05) is 0 Å². The molecule has 1 aromatic carbocycles. The molecule has 25 heavy (non-hydrogen) atoms. The Morgan fingerprint density at radius 1 is 1.00 bits per heavy atom. The van der Waals surface area contributed by atoms with Gasteiger partial charge >= 0.3 is 148 Å². The number of allylic oxidation sites excluding steroid dienone is 4. The zero-order valence-electron chi connectivity index (χ0n) is 16.7. The number of hydrogen-bond acceptors (Lipinski definition) is 1. The van der Waals surface area contributed by atoms with Gasteiger partial charge in [0.1, 0.15) is 0 Å². The van der Waals surface area contributed by atoms with Gasteiger partial charge in [-0.05, 0) is 0 Å². The van der Waals surface area contributed by atoms with Crippen LogP contribution in [0.5, 0.6) is 5.75 Å². The smallest absolute Gasteiger partial charge is 0.147 e. The van der Waals surface area contributed by atoms with E-state index in [2.05, 4.69) is 79.7 Å². The predicted octanol–water partition coefficient (Wildman–Crippen LogP) is 6.97. The third-order valence-corrected chi connectivity index (χ3v) is 8.57. The van der Waals surface area contributed by atoms with Crippen molar-refractivity contribution >= 4 is 28.6 Å². The summed E-state index contributed by atoms with van der Waals surface area (Å²) in [6.07, 6.45) is 1.11. The molecule has 1 aliphatic carbocycles. The second-order valence-corrected chi connectivity index (χ2v) is 11.7. The van der Waals surface area contributed by atoms with Crippen LogP contribution in [0.25, 0.3) is 0 Å². The molecule has 1 aromatic rings. The first kappa shape index (κ1) is 24.7. The molecule has 0 aliphatic heterocycles. The summed E-state index contributed by atoms with van der Waals surface area (Å²) in [4.78, 5) is 0. The van der Waals surface area contributed by atoms with Crippen LogP contribution in [-0.2, 0) is 23.2 Å². The molecule has 0 unspecified atom stereocenters. The fraction of sp³-hybridized carbons (Fsp3) is 0.476. The third-order valence-electron chi connectivity index (χ3n) is 4.75. The monoisotopic (exact) mass is 418 g/mol. The summed E-state index contributed by atoms with van der Waals surface area (Å²) < 4.78 is 9.67. The van der Waals surface area contributed by atoms with E-state index in [0.717, 1.165) is 12.2 Å². The molecule has 0 saturated carbocycles. The summed E-state index contributed by atoms with van der Waals surface area (Å²) >= 11 is -1.86. The van der Waals surface area contributed by atoms with Crippen molar-refractivity contribution in [3.05, 3.63) is 50.4 Å². The zero-order chi connectivity index (χ0) is 17.4. The Balaban J connectivity index is 0.00000288. The van der Waals surface area contributed by atoms with Crippen LogP contribution in [0.1, 0.15) is 67.4 Å². The van der Waals surface area contributed by atoms with E-state index in [1.165, 1.54) is 26.1 Å². The molecular formula is C21H32Cl2OTi. The molecule has 4 heteroatoms. The minimum absolute atomic E-state index is 0. The molecule has 0 aromatic heterocycles. The molecular weight excluding hydrogens is 387 g/mol. The van der Waals surface area contributed by atoms with Crippen molar-refractivity contribution in [2.24, 2.45) is 0 Å². The Morgan fingerprint density at radius 3 is 2.04 bits per heavy atom. The summed E-state index contributed by atoms with van der Waals surface area (Å²) in [5.41, 5.74) is 5.95. The molecule has 140 valence electrons. The van der Waals surface area contributed by atoms with E-state index < -0.39 is 17.8 Å². The van der Waals surface area contributed by atoms with Crippen LogP contribution in [-0.4, -0.2) is 3.81 Å². The zero-order valence-corrected chi connectivity index (χ0v) is 19.9. The van der Waals surface area contributed by atoms with Crippen LogP contribution in [0.4, 0.5) is 0 Å². The van der Waals surface area contributed by atoms with E-state index in [1.807, 2.05) is 0 Å². The van der Waals surface area contributed by atoms with Gasteiger partial charge in [-0.3, -0.25) is 0 Å². The quantitative estimate of drug-likeness (QED) is 0.481. The molecule has 0 atom stereocenters. The molecule has 0 saturated heterocycles. The van der Waals surface area contributed by atoms with Crippen molar-refractivity contribution < 1.29 is 21.1 Å². The van der Waals surface area contributed by atoms with E-state index >= 15 is 0 Å². The molecule has 0 bridgehead atoms. The molecule has 1 aliphatic rings. The Bertz CT molecular complexity index is 718. The van der Waals surface area contributed by atoms with Crippen LogP contribution in [0.3, 0.4) is 0 Å². The molecule has 0 fully saturated rings. The average molecular weight is 419 g/mol. The van der Waals surface area contributed by atoms with Crippen molar-refractivity contribution in [2.75, 3.05) is 0 Å². The van der Waals surface area contributed by atoms with Crippen LogP contribution < -0.4 is 3.32 Å². The summed E-state index contributed by atoms with van der Waals surface area (Å²) in [6.45, 7) is 18.0. The van der Waals surface area contributed by atoms with Gasteiger partial charge in [-0.25, -0.2) is 0 Å². The molecule has 0 amide bonds. The van der Waals surface area contributed by atoms with Crippen molar-refractivity contribution in [3.8, 4) is 5.75 Å². The van der Waals surface area contributed by atoms with E-state index in [4.69, 9.17) is 3.32 Å². The first-order valence-electron chi connectivity index (χ1n) is 8.44. The molecule has 0 N–H and O–H groups in total. The van der Waals surface area contributed by atoms with Gasteiger partial charge in [0.05, 0.1) is 0 Å². The van der Waals surface area contributed by atoms with Crippen molar-refractivity contribution in [2.45, 2.75) is 67.2 Å². The minimum Gasteiger partial charge on any atom is -0.147 e. The Kier molecular flexibility index (Phi) is 9.43. The largest absolute Gasteiger partial charge is 0.147 e. The Morgan fingerprint density at radius 2 is 1.60 bits per heavy atom. The van der Waals surface area contributed by atoms with Gasteiger partial charge in [0.15, 0.2) is 0 Å². The van der Waals surface area contributed by atoms with Gasteiger partial charge in [0.2, 0.25) is 0 Å². The molecule has 0 spiro atoms. The SMILES string of the molecule is CC1=C(C)C(C)=[C]([Ti]([O]c2cccc(C(C)(C)C)c2)=[C](C)C)C1.Cl.Cl. The molecule has 0 heterocycles. The number of benzene rings is 1. The Labute approximate surface area is 172 Å². The normalized spacial score (nSPS) is 14.1. The van der Waals surface area contributed by atoms with Crippen LogP contribution in [0.2, 0.25) is 0 Å². The molecule has 2 rings (SSSR count). The van der Waals surface area contributed by atoms with Crippen molar-refractivity contribution in [1.29, 1.82) is 0 Å². The minimum atomic E-state index is -1.86. The Hall–Kier alpha value is -0.336. The van der Waals surface area contributed by atoms with Gasteiger partial charge in [-0.1, -0.05) is 0 Å². The van der Waals surface area contributed by atoms with Gasteiger partial charge < -0.3 is 0 Å². The van der Waals surface area contributed by atoms with E-state index in [9.17, 15) is 0 Å². The van der Waals surface area contributed by atoms with E-state index in [-0.39, 0.29) is 30.2 Å². The van der Waals surface area contributed by atoms with Crippen molar-refractivity contribution in [1.82, 2.24) is 0 Å². The van der Waals surface area contributed by atoms with E-state index in [1.54, 1.807) is 3.88 Å². The first-order chi connectivity index (χ1) is 10.6. The summed E-state index contributed by atoms with van der Waals surface area (Å²) in [5.74, 6) is 1.04. The average Bonchev–Trinajstić information content (AvgIpc) is 2.71. The predicted molar refractivity (Wildman–Crippen MR) is 112 cm³/mol. The second-order valence-electron chi connectivity index (χ2n) is 7.89. The van der Waals surface area contributed by atoms with Crippen molar-refractivity contribution in [3.63, 3.8) is 0 Å². The number of rotatable bonds is 3. The number of halogens is 2. The summed E-state index contributed by atoms with van der Waals surface area (Å²) in [5, 5.41) is 0. The topological polar surface area (TPSA) is 9.23 Å². The second kappa shape index (κ2) is 9.56. The third kappa shape index (κ3) is 5.83. The van der Waals surface area contributed by atoms with Gasteiger partial charge in [0.25, 0.3) is 0 Å². The molecule has 1 nitrogen and oxygen atoms in total. The maximum absolute atomic E-state index is 6.61. The maximum atomic E-state index is 6.61.